The molecule has 2 rings (SSSR count). The number of nitrogens with zero attached hydrogens (tertiary/aromatic N) is 1. The van der Waals surface area contributed by atoms with Crippen molar-refractivity contribution >= 4 is 0 Å². The first-order chi connectivity index (χ1) is 7.56. The van der Waals surface area contributed by atoms with Gasteiger partial charge in [-0.25, -0.2) is 0 Å². The summed E-state index contributed by atoms with van der Waals surface area (Å²) in [6.45, 7) is 13.2. The molecular formula is C14H28N2. The van der Waals surface area contributed by atoms with Gasteiger partial charge in [-0.05, 0) is 37.5 Å². The lowest BCUT2D eigenvalue weighted by Gasteiger charge is -2.42. The van der Waals surface area contributed by atoms with Crippen molar-refractivity contribution in [3.8, 4) is 0 Å². The Hall–Kier alpha value is -0.0800. The Balaban J connectivity index is 1.91. The lowest BCUT2D eigenvalue weighted by molar-refractivity contribution is 0.0979. The fourth-order valence-electron chi connectivity index (χ4n) is 2.85. The first-order valence-electron chi connectivity index (χ1n) is 7.04. The van der Waals surface area contributed by atoms with Crippen molar-refractivity contribution in [1.29, 1.82) is 0 Å². The molecule has 0 aromatic rings. The molecule has 1 saturated heterocycles. The minimum absolute atomic E-state index is 0.698. The van der Waals surface area contributed by atoms with Gasteiger partial charge in [0.2, 0.25) is 0 Å². The molecule has 1 aliphatic heterocycles. The van der Waals surface area contributed by atoms with Crippen LogP contribution in [0.4, 0.5) is 0 Å². The van der Waals surface area contributed by atoms with E-state index in [1.54, 1.807) is 0 Å². The van der Waals surface area contributed by atoms with Crippen molar-refractivity contribution in [2.75, 3.05) is 19.6 Å². The molecule has 2 unspecified atom stereocenters. The van der Waals surface area contributed by atoms with Crippen LogP contribution in [0.3, 0.4) is 0 Å². The first kappa shape index (κ1) is 12.4. The zero-order valence-corrected chi connectivity index (χ0v) is 11.4. The van der Waals surface area contributed by atoms with Crippen molar-refractivity contribution in [2.45, 2.75) is 59.0 Å². The summed E-state index contributed by atoms with van der Waals surface area (Å²) in [4.78, 5) is 2.73. The van der Waals surface area contributed by atoms with E-state index < -0.39 is 0 Å². The summed E-state index contributed by atoms with van der Waals surface area (Å²) in [6, 6.07) is 1.42. The SMILES string of the molecule is CCC1(CN2CC(C(C)C)NCC2C)CC1. The van der Waals surface area contributed by atoms with Gasteiger partial charge in [-0.15, -0.1) is 0 Å². The summed E-state index contributed by atoms with van der Waals surface area (Å²) in [5.41, 5.74) is 0.702. The van der Waals surface area contributed by atoms with E-state index >= 15 is 0 Å². The van der Waals surface area contributed by atoms with E-state index in [2.05, 4.69) is 37.9 Å². The second-order valence-electron chi connectivity index (χ2n) is 6.39. The van der Waals surface area contributed by atoms with Gasteiger partial charge < -0.3 is 5.32 Å². The third-order valence-corrected chi connectivity index (χ3v) is 4.78. The predicted molar refractivity (Wildman–Crippen MR) is 69.6 cm³/mol. The van der Waals surface area contributed by atoms with Gasteiger partial charge in [-0.3, -0.25) is 4.90 Å². The monoisotopic (exact) mass is 224 g/mol. The second kappa shape index (κ2) is 4.66. The van der Waals surface area contributed by atoms with E-state index in [-0.39, 0.29) is 0 Å². The lowest BCUT2D eigenvalue weighted by Crippen LogP contribution is -2.58. The van der Waals surface area contributed by atoms with Crippen LogP contribution in [-0.2, 0) is 0 Å². The number of nitrogens with one attached hydrogen (secondary N) is 1. The molecule has 0 spiro atoms. The Kier molecular flexibility index (Phi) is 3.60. The Morgan fingerprint density at radius 3 is 2.56 bits per heavy atom. The van der Waals surface area contributed by atoms with Crippen LogP contribution in [0, 0.1) is 11.3 Å². The van der Waals surface area contributed by atoms with Crippen molar-refractivity contribution in [1.82, 2.24) is 10.2 Å². The molecule has 1 heterocycles. The molecule has 16 heavy (non-hydrogen) atoms. The fraction of sp³-hybridized carbons (Fsp3) is 1.00. The minimum atomic E-state index is 0.698. The van der Waals surface area contributed by atoms with E-state index in [0.29, 0.717) is 11.5 Å². The molecule has 0 radical (unpaired) electrons. The van der Waals surface area contributed by atoms with Crippen LogP contribution in [0.1, 0.15) is 47.0 Å². The highest BCUT2D eigenvalue weighted by Crippen LogP contribution is 2.49. The van der Waals surface area contributed by atoms with E-state index in [1.165, 1.54) is 38.9 Å². The van der Waals surface area contributed by atoms with Crippen molar-refractivity contribution in [3.63, 3.8) is 0 Å². The highest BCUT2D eigenvalue weighted by atomic mass is 15.2. The molecule has 2 fully saturated rings. The van der Waals surface area contributed by atoms with Crippen LogP contribution in [0.5, 0.6) is 0 Å². The summed E-state index contributed by atoms with van der Waals surface area (Å²) in [7, 11) is 0. The molecule has 1 N–H and O–H groups in total. The predicted octanol–water partition coefficient (Wildman–Crippen LogP) is 2.49. The van der Waals surface area contributed by atoms with E-state index in [0.717, 1.165) is 12.0 Å². The largest absolute Gasteiger partial charge is 0.311 e. The summed E-state index contributed by atoms with van der Waals surface area (Å²) in [5, 5.41) is 3.68. The van der Waals surface area contributed by atoms with Gasteiger partial charge in [0, 0.05) is 31.7 Å². The maximum Gasteiger partial charge on any atom is 0.0218 e. The minimum Gasteiger partial charge on any atom is -0.311 e. The molecule has 0 aromatic heterocycles. The molecule has 0 amide bonds. The quantitative estimate of drug-likeness (QED) is 0.789. The molecule has 0 bridgehead atoms. The Labute approximate surface area is 101 Å². The molecular weight excluding hydrogens is 196 g/mol. The average molecular weight is 224 g/mol. The molecule has 94 valence electrons. The second-order valence-corrected chi connectivity index (χ2v) is 6.39. The smallest absolute Gasteiger partial charge is 0.0218 e. The van der Waals surface area contributed by atoms with Gasteiger partial charge in [0.1, 0.15) is 0 Å². The molecule has 2 nitrogen and oxygen atoms in total. The van der Waals surface area contributed by atoms with Gasteiger partial charge in [-0.1, -0.05) is 20.8 Å². The molecule has 1 saturated carbocycles. The summed E-state index contributed by atoms with van der Waals surface area (Å²) >= 11 is 0. The van der Waals surface area contributed by atoms with Crippen LogP contribution >= 0.6 is 0 Å². The average Bonchev–Trinajstić information content (AvgIpc) is 3.02. The lowest BCUT2D eigenvalue weighted by atomic mass is 9.96. The van der Waals surface area contributed by atoms with Crippen molar-refractivity contribution < 1.29 is 0 Å². The Morgan fingerprint density at radius 2 is 2.06 bits per heavy atom. The summed E-state index contributed by atoms with van der Waals surface area (Å²) < 4.78 is 0. The van der Waals surface area contributed by atoms with Gasteiger partial charge in [0.05, 0.1) is 0 Å². The van der Waals surface area contributed by atoms with Gasteiger partial charge in [0.25, 0.3) is 0 Å². The maximum absolute atomic E-state index is 3.68. The zero-order valence-electron chi connectivity index (χ0n) is 11.4. The maximum atomic E-state index is 3.68. The molecule has 2 heteroatoms. The Bertz CT molecular complexity index is 233. The molecule has 1 aliphatic carbocycles. The third-order valence-electron chi connectivity index (χ3n) is 4.78. The van der Waals surface area contributed by atoms with Crippen LogP contribution in [0.25, 0.3) is 0 Å². The number of hydrogen-bond acceptors (Lipinski definition) is 2. The van der Waals surface area contributed by atoms with Gasteiger partial charge in [-0.2, -0.15) is 0 Å². The van der Waals surface area contributed by atoms with Crippen LogP contribution in [-0.4, -0.2) is 36.6 Å². The van der Waals surface area contributed by atoms with E-state index in [9.17, 15) is 0 Å². The van der Waals surface area contributed by atoms with Crippen LogP contribution < -0.4 is 5.32 Å². The standard InChI is InChI=1S/C14H28N2/c1-5-14(6-7-14)10-16-9-13(11(2)3)15-8-12(16)4/h11-13,15H,5-10H2,1-4H3. The van der Waals surface area contributed by atoms with Gasteiger partial charge in [0.15, 0.2) is 0 Å². The van der Waals surface area contributed by atoms with Gasteiger partial charge >= 0.3 is 0 Å². The number of hydrogen-bond donors (Lipinski definition) is 1. The molecule has 0 aromatic carbocycles. The normalized spacial score (nSPS) is 34.3. The fourth-order valence-corrected chi connectivity index (χ4v) is 2.85. The Morgan fingerprint density at radius 1 is 1.38 bits per heavy atom. The highest BCUT2D eigenvalue weighted by molar-refractivity contribution is 4.97. The topological polar surface area (TPSA) is 15.3 Å². The highest BCUT2D eigenvalue weighted by Gasteiger charge is 2.43. The zero-order chi connectivity index (χ0) is 11.8. The molecule has 2 aliphatic rings. The number of piperazine rings is 1. The van der Waals surface area contributed by atoms with Crippen molar-refractivity contribution in [2.24, 2.45) is 11.3 Å². The van der Waals surface area contributed by atoms with Crippen LogP contribution in [0.15, 0.2) is 0 Å². The summed E-state index contributed by atoms with van der Waals surface area (Å²) in [5.74, 6) is 0.756. The van der Waals surface area contributed by atoms with E-state index in [4.69, 9.17) is 0 Å². The van der Waals surface area contributed by atoms with Crippen LogP contribution in [0.2, 0.25) is 0 Å². The number of rotatable bonds is 4. The molecule has 2 atom stereocenters. The first-order valence-corrected chi connectivity index (χ1v) is 7.04. The van der Waals surface area contributed by atoms with Crippen molar-refractivity contribution in [3.05, 3.63) is 0 Å². The third kappa shape index (κ3) is 2.60. The van der Waals surface area contributed by atoms with E-state index in [1.807, 2.05) is 0 Å². The summed E-state index contributed by atoms with van der Waals surface area (Å²) in [6.07, 6.45) is 4.30.